The van der Waals surface area contributed by atoms with Gasteiger partial charge in [0.1, 0.15) is 5.01 Å². The molecule has 2 aromatic carbocycles. The van der Waals surface area contributed by atoms with E-state index in [1.807, 2.05) is 55.6 Å². The van der Waals surface area contributed by atoms with Crippen molar-refractivity contribution < 1.29 is 10.2 Å². The molecule has 4 nitrogen and oxygen atoms in total. The second kappa shape index (κ2) is 6.54. The SMILES string of the molecule is CNc1ccc(/C=C/C=C/c2nc3cc(O)c(O)cc3s2)cc1. The number of phenolic OH excluding ortho intramolecular Hbond substituents is 2. The second-order valence-corrected chi connectivity index (χ2v) is 6.01. The fourth-order valence-electron chi connectivity index (χ4n) is 2.11. The summed E-state index contributed by atoms with van der Waals surface area (Å²) in [5, 5.41) is 22.9. The Labute approximate surface area is 138 Å². The summed E-state index contributed by atoms with van der Waals surface area (Å²) in [6, 6.07) is 11.1. The zero-order valence-electron chi connectivity index (χ0n) is 12.5. The van der Waals surface area contributed by atoms with Gasteiger partial charge in [-0.1, -0.05) is 30.4 Å². The van der Waals surface area contributed by atoms with Crippen molar-refractivity contribution in [1.29, 1.82) is 0 Å². The van der Waals surface area contributed by atoms with Gasteiger partial charge in [0.25, 0.3) is 0 Å². The molecular weight excluding hydrogens is 308 g/mol. The normalized spacial score (nSPS) is 11.7. The zero-order chi connectivity index (χ0) is 16.2. The lowest BCUT2D eigenvalue weighted by molar-refractivity contribution is 0.405. The summed E-state index contributed by atoms with van der Waals surface area (Å²) in [5.41, 5.74) is 2.88. The molecule has 3 N–H and O–H groups in total. The largest absolute Gasteiger partial charge is 0.504 e. The van der Waals surface area contributed by atoms with Crippen LogP contribution in [0.1, 0.15) is 10.6 Å². The lowest BCUT2D eigenvalue weighted by atomic mass is 10.2. The number of aromatic hydroxyl groups is 2. The van der Waals surface area contributed by atoms with Crippen molar-refractivity contribution in [2.75, 3.05) is 12.4 Å². The van der Waals surface area contributed by atoms with Crippen LogP contribution in [0.5, 0.6) is 11.5 Å². The minimum atomic E-state index is -0.150. The number of rotatable bonds is 4. The van der Waals surface area contributed by atoms with E-state index in [9.17, 15) is 10.2 Å². The van der Waals surface area contributed by atoms with Gasteiger partial charge < -0.3 is 15.5 Å². The highest BCUT2D eigenvalue weighted by Gasteiger charge is 2.06. The molecule has 0 spiro atoms. The van der Waals surface area contributed by atoms with Crippen molar-refractivity contribution in [2.45, 2.75) is 0 Å². The number of hydrogen-bond acceptors (Lipinski definition) is 5. The summed E-state index contributed by atoms with van der Waals surface area (Å²) in [6.45, 7) is 0. The Morgan fingerprint density at radius 3 is 2.43 bits per heavy atom. The molecule has 0 unspecified atom stereocenters. The van der Waals surface area contributed by atoms with Crippen molar-refractivity contribution in [1.82, 2.24) is 4.98 Å². The smallest absolute Gasteiger partial charge is 0.159 e. The maximum atomic E-state index is 9.50. The number of anilines is 1. The predicted octanol–water partition coefficient (Wildman–Crippen LogP) is 4.48. The lowest BCUT2D eigenvalue weighted by Crippen LogP contribution is -1.86. The van der Waals surface area contributed by atoms with Crippen LogP contribution >= 0.6 is 11.3 Å². The number of fused-ring (bicyclic) bond motifs is 1. The van der Waals surface area contributed by atoms with Crippen LogP contribution in [-0.2, 0) is 0 Å². The Bertz CT molecular complexity index is 841. The van der Waals surface area contributed by atoms with Gasteiger partial charge in [-0.2, -0.15) is 0 Å². The third-order valence-corrected chi connectivity index (χ3v) is 4.32. The number of hydrogen-bond donors (Lipinski definition) is 3. The first-order chi connectivity index (χ1) is 11.2. The summed E-state index contributed by atoms with van der Waals surface area (Å²) in [4.78, 5) is 4.40. The van der Waals surface area contributed by atoms with Crippen molar-refractivity contribution in [3.8, 4) is 11.5 Å². The van der Waals surface area contributed by atoms with E-state index in [2.05, 4.69) is 10.3 Å². The van der Waals surface area contributed by atoms with Crippen LogP contribution in [0.15, 0.2) is 48.6 Å². The van der Waals surface area contributed by atoms with E-state index in [0.717, 1.165) is 21.0 Å². The Kier molecular flexibility index (Phi) is 4.30. The molecule has 0 fully saturated rings. The molecule has 0 bridgehead atoms. The fraction of sp³-hybridized carbons (Fsp3) is 0.0556. The van der Waals surface area contributed by atoms with E-state index in [1.165, 1.54) is 23.5 Å². The van der Waals surface area contributed by atoms with Crippen LogP contribution < -0.4 is 5.32 Å². The average molecular weight is 324 g/mol. The van der Waals surface area contributed by atoms with E-state index < -0.39 is 0 Å². The van der Waals surface area contributed by atoms with E-state index in [0.29, 0.717) is 5.52 Å². The summed E-state index contributed by atoms with van der Waals surface area (Å²) in [5.74, 6) is -0.273. The van der Waals surface area contributed by atoms with Crippen LogP contribution in [0, 0.1) is 0 Å². The molecule has 3 rings (SSSR count). The summed E-state index contributed by atoms with van der Waals surface area (Å²) in [7, 11) is 1.89. The van der Waals surface area contributed by atoms with Gasteiger partial charge in [-0.25, -0.2) is 4.98 Å². The number of phenols is 2. The molecule has 0 aliphatic rings. The van der Waals surface area contributed by atoms with Gasteiger partial charge in [-0.3, -0.25) is 0 Å². The van der Waals surface area contributed by atoms with Crippen molar-refractivity contribution in [3.63, 3.8) is 0 Å². The molecule has 0 saturated carbocycles. The van der Waals surface area contributed by atoms with Crippen LogP contribution in [0.4, 0.5) is 5.69 Å². The summed E-state index contributed by atoms with van der Waals surface area (Å²) < 4.78 is 0.839. The maximum Gasteiger partial charge on any atom is 0.159 e. The van der Waals surface area contributed by atoms with Crippen LogP contribution in [0.3, 0.4) is 0 Å². The molecule has 1 heterocycles. The molecule has 0 aliphatic heterocycles. The Morgan fingerprint density at radius 1 is 1.00 bits per heavy atom. The average Bonchev–Trinajstić information content (AvgIpc) is 2.94. The summed E-state index contributed by atoms with van der Waals surface area (Å²) >= 11 is 1.46. The highest BCUT2D eigenvalue weighted by Crippen LogP contribution is 2.33. The molecule has 0 atom stereocenters. The topological polar surface area (TPSA) is 65.4 Å². The van der Waals surface area contributed by atoms with E-state index in [-0.39, 0.29) is 11.5 Å². The molecule has 116 valence electrons. The van der Waals surface area contributed by atoms with Crippen LogP contribution in [0.25, 0.3) is 22.4 Å². The predicted molar refractivity (Wildman–Crippen MR) is 97.0 cm³/mol. The Balaban J connectivity index is 1.73. The number of benzene rings is 2. The van der Waals surface area contributed by atoms with Gasteiger partial charge in [-0.15, -0.1) is 11.3 Å². The number of allylic oxidation sites excluding steroid dienone is 2. The second-order valence-electron chi connectivity index (χ2n) is 4.95. The quantitative estimate of drug-likeness (QED) is 0.489. The third kappa shape index (κ3) is 3.52. The van der Waals surface area contributed by atoms with Crippen molar-refractivity contribution in [3.05, 3.63) is 59.1 Å². The highest BCUT2D eigenvalue weighted by molar-refractivity contribution is 7.19. The first-order valence-electron chi connectivity index (χ1n) is 7.11. The fourth-order valence-corrected chi connectivity index (χ4v) is 3.00. The number of aromatic nitrogens is 1. The van der Waals surface area contributed by atoms with Gasteiger partial charge in [0.15, 0.2) is 11.5 Å². The standard InChI is InChI=1S/C18H16N2O2S/c1-19-13-8-6-12(7-9-13)4-2-3-5-18-20-14-10-15(21)16(22)11-17(14)23-18/h2-11,19,21-22H,1H3/b4-2+,5-3+. The van der Waals surface area contributed by atoms with Crippen molar-refractivity contribution >= 4 is 39.4 Å². The van der Waals surface area contributed by atoms with Gasteiger partial charge >= 0.3 is 0 Å². The third-order valence-electron chi connectivity index (χ3n) is 3.34. The first-order valence-corrected chi connectivity index (χ1v) is 7.92. The van der Waals surface area contributed by atoms with Gasteiger partial charge in [0, 0.05) is 24.9 Å². The van der Waals surface area contributed by atoms with E-state index in [1.54, 1.807) is 0 Å². The molecule has 5 heteroatoms. The number of nitrogens with zero attached hydrogens (tertiary/aromatic N) is 1. The van der Waals surface area contributed by atoms with Crippen molar-refractivity contribution in [2.24, 2.45) is 0 Å². The molecule has 0 saturated heterocycles. The molecule has 3 aromatic rings. The van der Waals surface area contributed by atoms with Gasteiger partial charge in [0.05, 0.1) is 10.2 Å². The number of thiazole rings is 1. The Morgan fingerprint density at radius 2 is 1.70 bits per heavy atom. The Hall–Kier alpha value is -2.79. The molecular formula is C18H16N2O2S. The molecule has 0 aliphatic carbocycles. The molecule has 23 heavy (non-hydrogen) atoms. The number of nitrogens with one attached hydrogen (secondary N) is 1. The highest BCUT2D eigenvalue weighted by atomic mass is 32.1. The van der Waals surface area contributed by atoms with E-state index in [4.69, 9.17) is 0 Å². The minimum Gasteiger partial charge on any atom is -0.504 e. The first kappa shape index (κ1) is 15.1. The minimum absolute atomic E-state index is 0.124. The van der Waals surface area contributed by atoms with Crippen LogP contribution in [-0.4, -0.2) is 22.2 Å². The lowest BCUT2D eigenvalue weighted by Gasteiger charge is -1.98. The summed E-state index contributed by atoms with van der Waals surface area (Å²) in [6.07, 6.45) is 7.79. The van der Waals surface area contributed by atoms with E-state index >= 15 is 0 Å². The monoisotopic (exact) mass is 324 g/mol. The van der Waals surface area contributed by atoms with Gasteiger partial charge in [-0.05, 0) is 23.8 Å². The maximum absolute atomic E-state index is 9.50. The van der Waals surface area contributed by atoms with Gasteiger partial charge in [0.2, 0.25) is 0 Å². The molecule has 0 radical (unpaired) electrons. The molecule has 1 aromatic heterocycles. The zero-order valence-corrected chi connectivity index (χ0v) is 13.3. The van der Waals surface area contributed by atoms with Crippen LogP contribution in [0.2, 0.25) is 0 Å². The molecule has 0 amide bonds.